The van der Waals surface area contributed by atoms with Crippen LogP contribution in [0.5, 0.6) is 0 Å². The predicted molar refractivity (Wildman–Crippen MR) is 63.3 cm³/mol. The molecule has 1 atom stereocenters. The summed E-state index contributed by atoms with van der Waals surface area (Å²) in [6.07, 6.45) is 0. The molecule has 6 heteroatoms. The van der Waals surface area contributed by atoms with Crippen molar-refractivity contribution in [3.63, 3.8) is 0 Å². The Balaban J connectivity index is 2.23. The summed E-state index contributed by atoms with van der Waals surface area (Å²) in [5.74, 6) is -1.42. The zero-order chi connectivity index (χ0) is 13.1. The Morgan fingerprint density at radius 1 is 1.44 bits per heavy atom. The highest BCUT2D eigenvalue weighted by Gasteiger charge is 2.31. The average molecular weight is 251 g/mol. The molecular weight excluding hydrogens is 237 g/mol. The third-order valence-electron chi connectivity index (χ3n) is 2.90. The Labute approximate surface area is 104 Å². The lowest BCUT2D eigenvalue weighted by Gasteiger charge is -2.34. The second kappa shape index (κ2) is 5.14. The molecule has 0 aliphatic carbocycles. The summed E-state index contributed by atoms with van der Waals surface area (Å²) in [7, 11) is 0. The largest absolute Gasteiger partial charge is 0.368 e. The lowest BCUT2D eigenvalue weighted by molar-refractivity contribution is -0.122. The first-order valence-corrected chi connectivity index (χ1v) is 5.66. The van der Waals surface area contributed by atoms with E-state index in [2.05, 4.69) is 5.32 Å². The van der Waals surface area contributed by atoms with Crippen molar-refractivity contribution in [2.24, 2.45) is 5.73 Å². The van der Waals surface area contributed by atoms with Gasteiger partial charge in [0.25, 0.3) is 5.91 Å². The van der Waals surface area contributed by atoms with E-state index in [-0.39, 0.29) is 11.5 Å². The number of nitrogens with zero attached hydrogens (tertiary/aromatic N) is 1. The summed E-state index contributed by atoms with van der Waals surface area (Å²) in [5, 5.41) is 3.00. The second-order valence-electron chi connectivity index (χ2n) is 4.13. The summed E-state index contributed by atoms with van der Waals surface area (Å²) < 4.78 is 13.1. The first-order valence-electron chi connectivity index (χ1n) is 5.66. The molecule has 96 valence electrons. The standard InChI is InChI=1S/C12H14FN3O2/c13-9-3-1-2-8(6-9)12(18)16-5-4-15-7-10(16)11(14)17/h1-3,6,10,15H,4-5,7H2,(H2,14,17). The number of nitrogens with two attached hydrogens (primary N) is 1. The molecule has 1 fully saturated rings. The Bertz CT molecular complexity index is 478. The quantitative estimate of drug-likeness (QED) is 0.759. The van der Waals surface area contributed by atoms with Crippen molar-refractivity contribution >= 4 is 11.8 Å². The molecule has 3 N–H and O–H groups in total. The summed E-state index contributed by atoms with van der Waals surface area (Å²) in [6.45, 7) is 1.30. The van der Waals surface area contributed by atoms with E-state index in [9.17, 15) is 14.0 Å². The third kappa shape index (κ3) is 2.48. The van der Waals surface area contributed by atoms with Gasteiger partial charge in [-0.2, -0.15) is 0 Å². The molecule has 1 aliphatic heterocycles. The van der Waals surface area contributed by atoms with Gasteiger partial charge in [-0.15, -0.1) is 0 Å². The number of carbonyl (C=O) groups is 2. The first-order chi connectivity index (χ1) is 8.59. The number of hydrogen-bond donors (Lipinski definition) is 2. The van der Waals surface area contributed by atoms with Crippen LogP contribution in [-0.4, -0.2) is 42.4 Å². The lowest BCUT2D eigenvalue weighted by Crippen LogP contribution is -2.58. The zero-order valence-corrected chi connectivity index (χ0v) is 9.73. The molecule has 1 aliphatic rings. The van der Waals surface area contributed by atoms with Crippen LogP contribution in [0.25, 0.3) is 0 Å². The molecular formula is C12H14FN3O2. The van der Waals surface area contributed by atoms with Crippen LogP contribution in [0, 0.1) is 5.82 Å². The first kappa shape index (κ1) is 12.5. The van der Waals surface area contributed by atoms with E-state index in [4.69, 9.17) is 5.73 Å². The zero-order valence-electron chi connectivity index (χ0n) is 9.73. The molecule has 1 heterocycles. The molecule has 0 spiro atoms. The van der Waals surface area contributed by atoms with Gasteiger partial charge in [0, 0.05) is 25.2 Å². The SMILES string of the molecule is NC(=O)C1CNCCN1C(=O)c1cccc(F)c1. The van der Waals surface area contributed by atoms with Gasteiger partial charge in [-0.1, -0.05) is 6.07 Å². The molecule has 0 bridgehead atoms. The van der Waals surface area contributed by atoms with Gasteiger partial charge in [-0.3, -0.25) is 9.59 Å². The molecule has 0 radical (unpaired) electrons. The molecule has 1 saturated heterocycles. The van der Waals surface area contributed by atoms with Gasteiger partial charge in [0.05, 0.1) is 0 Å². The molecule has 2 amide bonds. The number of rotatable bonds is 2. The van der Waals surface area contributed by atoms with Crippen LogP contribution in [-0.2, 0) is 4.79 Å². The van der Waals surface area contributed by atoms with Crippen LogP contribution in [0.4, 0.5) is 4.39 Å². The van der Waals surface area contributed by atoms with E-state index in [0.29, 0.717) is 19.6 Å². The van der Waals surface area contributed by atoms with Crippen molar-refractivity contribution in [2.45, 2.75) is 6.04 Å². The van der Waals surface area contributed by atoms with Gasteiger partial charge in [0.1, 0.15) is 11.9 Å². The van der Waals surface area contributed by atoms with Gasteiger partial charge in [0.2, 0.25) is 5.91 Å². The number of piperazine rings is 1. The summed E-state index contributed by atoms with van der Waals surface area (Å²) in [5.41, 5.74) is 5.48. The Kier molecular flexibility index (Phi) is 3.57. The van der Waals surface area contributed by atoms with Gasteiger partial charge >= 0.3 is 0 Å². The maximum Gasteiger partial charge on any atom is 0.254 e. The van der Waals surface area contributed by atoms with E-state index in [1.54, 1.807) is 0 Å². The van der Waals surface area contributed by atoms with Gasteiger partial charge < -0.3 is 16.0 Å². The number of carbonyl (C=O) groups excluding carboxylic acids is 2. The highest BCUT2D eigenvalue weighted by atomic mass is 19.1. The van der Waals surface area contributed by atoms with Crippen LogP contribution < -0.4 is 11.1 Å². The number of nitrogens with one attached hydrogen (secondary N) is 1. The van der Waals surface area contributed by atoms with Crippen molar-refractivity contribution < 1.29 is 14.0 Å². The fraction of sp³-hybridized carbons (Fsp3) is 0.333. The number of primary amides is 1. The average Bonchev–Trinajstić information content (AvgIpc) is 2.38. The van der Waals surface area contributed by atoms with E-state index in [1.807, 2.05) is 0 Å². The number of halogens is 1. The Hall–Kier alpha value is -1.95. The summed E-state index contributed by atoms with van der Waals surface area (Å²) in [6, 6.07) is 4.72. The molecule has 1 unspecified atom stereocenters. The Morgan fingerprint density at radius 2 is 2.22 bits per heavy atom. The van der Waals surface area contributed by atoms with Crippen LogP contribution in [0.15, 0.2) is 24.3 Å². The number of benzene rings is 1. The highest BCUT2D eigenvalue weighted by Crippen LogP contribution is 2.11. The molecule has 18 heavy (non-hydrogen) atoms. The molecule has 2 rings (SSSR count). The predicted octanol–water partition coefficient (Wildman–Crippen LogP) is -0.275. The van der Waals surface area contributed by atoms with Crippen LogP contribution in [0.1, 0.15) is 10.4 Å². The molecule has 0 saturated carbocycles. The minimum absolute atomic E-state index is 0.225. The smallest absolute Gasteiger partial charge is 0.254 e. The van der Waals surface area contributed by atoms with Gasteiger partial charge in [0.15, 0.2) is 0 Å². The van der Waals surface area contributed by atoms with Crippen LogP contribution >= 0.6 is 0 Å². The molecule has 1 aromatic carbocycles. The topological polar surface area (TPSA) is 75.4 Å². The fourth-order valence-electron chi connectivity index (χ4n) is 1.99. The monoisotopic (exact) mass is 251 g/mol. The summed E-state index contributed by atoms with van der Waals surface area (Å²) in [4.78, 5) is 24.9. The molecule has 5 nitrogen and oxygen atoms in total. The highest BCUT2D eigenvalue weighted by molar-refractivity contribution is 5.97. The van der Waals surface area contributed by atoms with Gasteiger partial charge in [-0.25, -0.2) is 4.39 Å². The minimum Gasteiger partial charge on any atom is -0.368 e. The van der Waals surface area contributed by atoms with Crippen molar-refractivity contribution in [1.82, 2.24) is 10.2 Å². The van der Waals surface area contributed by atoms with E-state index >= 15 is 0 Å². The van der Waals surface area contributed by atoms with E-state index in [1.165, 1.54) is 23.1 Å². The summed E-state index contributed by atoms with van der Waals surface area (Å²) >= 11 is 0. The normalized spacial score (nSPS) is 19.6. The maximum atomic E-state index is 13.1. The van der Waals surface area contributed by atoms with E-state index in [0.717, 1.165) is 6.07 Å². The van der Waals surface area contributed by atoms with Crippen LogP contribution in [0.3, 0.4) is 0 Å². The van der Waals surface area contributed by atoms with Crippen LogP contribution in [0.2, 0.25) is 0 Å². The number of hydrogen-bond acceptors (Lipinski definition) is 3. The maximum absolute atomic E-state index is 13.1. The third-order valence-corrected chi connectivity index (χ3v) is 2.90. The fourth-order valence-corrected chi connectivity index (χ4v) is 1.99. The molecule has 1 aromatic rings. The molecule has 0 aromatic heterocycles. The van der Waals surface area contributed by atoms with Gasteiger partial charge in [-0.05, 0) is 18.2 Å². The Morgan fingerprint density at radius 3 is 2.89 bits per heavy atom. The lowest BCUT2D eigenvalue weighted by atomic mass is 10.1. The van der Waals surface area contributed by atoms with Crippen molar-refractivity contribution in [3.8, 4) is 0 Å². The van der Waals surface area contributed by atoms with Crippen molar-refractivity contribution in [1.29, 1.82) is 0 Å². The second-order valence-corrected chi connectivity index (χ2v) is 4.13. The number of amides is 2. The van der Waals surface area contributed by atoms with Crippen molar-refractivity contribution in [2.75, 3.05) is 19.6 Å². The minimum atomic E-state index is -0.686. The van der Waals surface area contributed by atoms with E-state index < -0.39 is 17.8 Å². The van der Waals surface area contributed by atoms with Crippen molar-refractivity contribution in [3.05, 3.63) is 35.6 Å².